The molecule has 1 aliphatic heterocycles. The smallest absolute Gasteiger partial charge is 0.0554 e. The molecule has 2 aromatic rings. The zero-order valence-corrected chi connectivity index (χ0v) is 17.5. The van der Waals surface area contributed by atoms with Crippen LogP contribution in [0.25, 0.3) is 0 Å². The Bertz CT molecular complexity index is 716. The van der Waals surface area contributed by atoms with Crippen molar-refractivity contribution >= 4 is 81.7 Å². The minimum Gasteiger partial charge on any atom is -0.122 e. The van der Waals surface area contributed by atoms with Gasteiger partial charge in [0.25, 0.3) is 0 Å². The topological polar surface area (TPSA) is 0 Å². The Balaban J connectivity index is 1.82. The van der Waals surface area contributed by atoms with Crippen LogP contribution < -0.4 is 0 Å². The molecule has 3 rings (SSSR count). The standard InChI is InChI=1S/C16H12Cl4S3/c1-8-10(17)2-3-11(18)14(8)23-9-6-21-15-12(19)4-5-13(20)16(15)22-7-9/h2-5,9H,6-7H2,1H3. The van der Waals surface area contributed by atoms with Crippen LogP contribution in [0.5, 0.6) is 0 Å². The third kappa shape index (κ3) is 4.08. The summed E-state index contributed by atoms with van der Waals surface area (Å²) < 4.78 is 0. The van der Waals surface area contributed by atoms with E-state index >= 15 is 0 Å². The molecule has 0 spiro atoms. The number of rotatable bonds is 2. The van der Waals surface area contributed by atoms with Crippen LogP contribution in [0.15, 0.2) is 39.0 Å². The molecule has 1 heterocycles. The Kier molecular flexibility index (Phi) is 6.34. The molecular weight excluding hydrogens is 430 g/mol. The second kappa shape index (κ2) is 7.90. The molecule has 1 aliphatic rings. The summed E-state index contributed by atoms with van der Waals surface area (Å²) in [5.74, 6) is 1.90. The lowest BCUT2D eigenvalue weighted by molar-refractivity contribution is 1.14. The number of benzene rings is 2. The summed E-state index contributed by atoms with van der Waals surface area (Å²) in [4.78, 5) is 3.23. The van der Waals surface area contributed by atoms with Crippen molar-refractivity contribution in [2.24, 2.45) is 0 Å². The molecule has 0 amide bonds. The van der Waals surface area contributed by atoms with Crippen LogP contribution in [0.1, 0.15) is 5.56 Å². The van der Waals surface area contributed by atoms with Gasteiger partial charge >= 0.3 is 0 Å². The predicted molar refractivity (Wildman–Crippen MR) is 109 cm³/mol. The highest BCUT2D eigenvalue weighted by Crippen LogP contribution is 2.47. The highest BCUT2D eigenvalue weighted by Gasteiger charge is 2.23. The number of thioether (sulfide) groups is 3. The Morgan fingerprint density at radius 2 is 1.30 bits per heavy atom. The van der Waals surface area contributed by atoms with Crippen molar-refractivity contribution in [2.45, 2.75) is 26.9 Å². The molecule has 0 aliphatic carbocycles. The molecule has 23 heavy (non-hydrogen) atoms. The van der Waals surface area contributed by atoms with Crippen molar-refractivity contribution in [2.75, 3.05) is 11.5 Å². The third-order valence-corrected chi connectivity index (χ3v) is 9.65. The lowest BCUT2D eigenvalue weighted by Gasteiger charge is -2.16. The van der Waals surface area contributed by atoms with E-state index in [2.05, 4.69) is 0 Å². The summed E-state index contributed by atoms with van der Waals surface area (Å²) in [6, 6.07) is 7.43. The van der Waals surface area contributed by atoms with E-state index in [9.17, 15) is 0 Å². The summed E-state index contributed by atoms with van der Waals surface area (Å²) >= 11 is 30.6. The molecule has 0 unspecified atom stereocenters. The molecule has 0 radical (unpaired) electrons. The number of hydrogen-bond acceptors (Lipinski definition) is 3. The molecule has 7 heteroatoms. The fourth-order valence-corrected chi connectivity index (χ4v) is 7.60. The fourth-order valence-electron chi connectivity index (χ4n) is 2.20. The van der Waals surface area contributed by atoms with Crippen LogP contribution in [0.2, 0.25) is 20.1 Å². The van der Waals surface area contributed by atoms with E-state index in [1.54, 1.807) is 35.3 Å². The van der Waals surface area contributed by atoms with Gasteiger partial charge in [0.1, 0.15) is 0 Å². The van der Waals surface area contributed by atoms with E-state index < -0.39 is 0 Å². The van der Waals surface area contributed by atoms with E-state index in [1.165, 1.54) is 0 Å². The molecule has 2 aromatic carbocycles. The Labute approximate surface area is 169 Å². The maximum absolute atomic E-state index is 6.37. The van der Waals surface area contributed by atoms with Crippen molar-refractivity contribution in [3.05, 3.63) is 49.9 Å². The second-order valence-corrected chi connectivity index (χ2v) is 10.0. The van der Waals surface area contributed by atoms with Crippen LogP contribution >= 0.6 is 81.7 Å². The average molecular weight is 442 g/mol. The minimum atomic E-state index is 0.402. The maximum atomic E-state index is 6.37. The second-order valence-electron chi connectivity index (χ2n) is 5.03. The van der Waals surface area contributed by atoms with Gasteiger partial charge in [0, 0.05) is 36.5 Å². The zero-order valence-electron chi connectivity index (χ0n) is 12.0. The highest BCUT2D eigenvalue weighted by atomic mass is 35.5. The molecule has 0 saturated carbocycles. The monoisotopic (exact) mass is 440 g/mol. The average Bonchev–Trinajstić information content (AvgIpc) is 2.75. The van der Waals surface area contributed by atoms with Gasteiger partial charge in [0.05, 0.1) is 15.1 Å². The third-order valence-electron chi connectivity index (χ3n) is 3.42. The van der Waals surface area contributed by atoms with Crippen molar-refractivity contribution in [3.8, 4) is 0 Å². The summed E-state index contributed by atoms with van der Waals surface area (Å²) in [5, 5.41) is 3.44. The van der Waals surface area contributed by atoms with Gasteiger partial charge in [-0.2, -0.15) is 0 Å². The fraction of sp³-hybridized carbons (Fsp3) is 0.250. The Hall–Kier alpha value is 0.650. The first-order chi connectivity index (χ1) is 11.0. The van der Waals surface area contributed by atoms with Crippen LogP contribution in [-0.4, -0.2) is 16.8 Å². The van der Waals surface area contributed by atoms with Gasteiger partial charge in [-0.3, -0.25) is 0 Å². The van der Waals surface area contributed by atoms with E-state index in [0.717, 1.165) is 51.8 Å². The maximum Gasteiger partial charge on any atom is 0.0554 e. The van der Waals surface area contributed by atoms with E-state index in [-0.39, 0.29) is 0 Å². The first-order valence-corrected chi connectivity index (χ1v) is 11.2. The summed E-state index contributed by atoms with van der Waals surface area (Å²) in [6.07, 6.45) is 0. The molecule has 0 atom stereocenters. The lowest BCUT2D eigenvalue weighted by Crippen LogP contribution is -2.08. The Morgan fingerprint density at radius 1 is 0.826 bits per heavy atom. The molecular formula is C16H12Cl4S3. The Morgan fingerprint density at radius 3 is 1.87 bits per heavy atom. The van der Waals surface area contributed by atoms with Gasteiger partial charge < -0.3 is 0 Å². The normalized spacial score (nSPS) is 15.3. The highest BCUT2D eigenvalue weighted by molar-refractivity contribution is 8.07. The number of hydrogen-bond donors (Lipinski definition) is 0. The molecule has 0 fully saturated rings. The van der Waals surface area contributed by atoms with Crippen molar-refractivity contribution in [1.29, 1.82) is 0 Å². The van der Waals surface area contributed by atoms with Gasteiger partial charge in [-0.05, 0) is 36.8 Å². The zero-order chi connectivity index (χ0) is 16.6. The number of halogens is 4. The molecule has 0 aromatic heterocycles. The minimum absolute atomic E-state index is 0.402. The van der Waals surface area contributed by atoms with Crippen LogP contribution in [0.4, 0.5) is 0 Å². The summed E-state index contributed by atoms with van der Waals surface area (Å²) in [7, 11) is 0. The lowest BCUT2D eigenvalue weighted by atomic mass is 10.2. The van der Waals surface area contributed by atoms with Gasteiger partial charge in [-0.1, -0.05) is 46.4 Å². The van der Waals surface area contributed by atoms with E-state index in [4.69, 9.17) is 46.4 Å². The molecule has 0 N–H and O–H groups in total. The van der Waals surface area contributed by atoms with Gasteiger partial charge in [0.2, 0.25) is 0 Å². The van der Waals surface area contributed by atoms with Crippen LogP contribution in [0.3, 0.4) is 0 Å². The van der Waals surface area contributed by atoms with E-state index in [1.807, 2.05) is 31.2 Å². The first kappa shape index (κ1) is 18.4. The van der Waals surface area contributed by atoms with Crippen LogP contribution in [-0.2, 0) is 0 Å². The largest absolute Gasteiger partial charge is 0.122 e. The van der Waals surface area contributed by atoms with Crippen molar-refractivity contribution < 1.29 is 0 Å². The molecule has 0 saturated heterocycles. The van der Waals surface area contributed by atoms with Crippen molar-refractivity contribution in [3.63, 3.8) is 0 Å². The first-order valence-electron chi connectivity index (χ1n) is 6.82. The predicted octanol–water partition coefficient (Wildman–Crippen LogP) is 7.97. The SMILES string of the molecule is Cc1c(Cl)ccc(Cl)c1SC1CSc2c(Cl)ccc(Cl)c2SC1. The quantitative estimate of drug-likeness (QED) is 0.463. The van der Waals surface area contributed by atoms with Gasteiger partial charge in [0.15, 0.2) is 0 Å². The summed E-state index contributed by atoms with van der Waals surface area (Å²) in [5.41, 5.74) is 1.04. The van der Waals surface area contributed by atoms with E-state index in [0.29, 0.717) is 5.25 Å². The molecule has 0 bridgehead atoms. The van der Waals surface area contributed by atoms with Crippen molar-refractivity contribution in [1.82, 2.24) is 0 Å². The van der Waals surface area contributed by atoms with Crippen LogP contribution in [0, 0.1) is 6.92 Å². The molecule has 122 valence electrons. The van der Waals surface area contributed by atoms with Gasteiger partial charge in [-0.15, -0.1) is 35.3 Å². The number of fused-ring (bicyclic) bond motifs is 1. The molecule has 0 nitrogen and oxygen atoms in total. The van der Waals surface area contributed by atoms with Gasteiger partial charge in [-0.25, -0.2) is 0 Å². The summed E-state index contributed by atoms with van der Waals surface area (Å²) in [6.45, 7) is 2.01.